The Morgan fingerprint density at radius 3 is 2.58 bits per heavy atom. The van der Waals surface area contributed by atoms with Gasteiger partial charge in [0.2, 0.25) is 11.8 Å². The first-order valence-corrected chi connectivity index (χ1v) is 7.93. The zero-order valence-electron chi connectivity index (χ0n) is 13.0. The highest BCUT2D eigenvalue weighted by atomic mass is 19.1. The molecule has 2 saturated heterocycles. The number of nitriles is 1. The average molecular weight is 333 g/mol. The van der Waals surface area contributed by atoms with Crippen LogP contribution in [0.1, 0.15) is 19.3 Å². The molecule has 2 aliphatic rings. The summed E-state index contributed by atoms with van der Waals surface area (Å²) in [4.78, 5) is 27.6. The van der Waals surface area contributed by atoms with Crippen LogP contribution in [-0.4, -0.2) is 36.3 Å². The number of piperidine rings is 1. The van der Waals surface area contributed by atoms with Crippen molar-refractivity contribution < 1.29 is 18.4 Å². The Hall–Kier alpha value is -2.49. The minimum absolute atomic E-state index is 0.000103. The largest absolute Gasteiger partial charge is 0.342 e. The molecule has 24 heavy (non-hydrogen) atoms. The predicted molar refractivity (Wildman–Crippen MR) is 81.7 cm³/mol. The van der Waals surface area contributed by atoms with E-state index in [1.54, 1.807) is 4.90 Å². The Balaban J connectivity index is 1.68. The fraction of sp³-hybridized carbons (Fsp3) is 0.471. The van der Waals surface area contributed by atoms with Crippen molar-refractivity contribution in [1.82, 2.24) is 4.90 Å². The molecule has 0 aromatic heterocycles. The van der Waals surface area contributed by atoms with Gasteiger partial charge in [-0.15, -0.1) is 0 Å². The van der Waals surface area contributed by atoms with Crippen LogP contribution in [-0.2, 0) is 9.59 Å². The molecular formula is C17H17F2N3O2. The van der Waals surface area contributed by atoms with Crippen molar-refractivity contribution in [1.29, 1.82) is 5.26 Å². The van der Waals surface area contributed by atoms with E-state index in [0.717, 1.165) is 12.1 Å². The zero-order chi connectivity index (χ0) is 17.3. The summed E-state index contributed by atoms with van der Waals surface area (Å²) < 4.78 is 26.9. The van der Waals surface area contributed by atoms with Crippen molar-refractivity contribution in [3.8, 4) is 6.07 Å². The van der Waals surface area contributed by atoms with Gasteiger partial charge in [0, 0.05) is 38.0 Å². The van der Waals surface area contributed by atoms with Crippen molar-refractivity contribution in [2.45, 2.75) is 19.3 Å². The lowest BCUT2D eigenvalue weighted by atomic mass is 9.97. The lowest BCUT2D eigenvalue weighted by Crippen LogP contribution is -2.42. The molecule has 2 amide bonds. The summed E-state index contributed by atoms with van der Waals surface area (Å²) in [6, 6.07) is 5.24. The van der Waals surface area contributed by atoms with Crippen molar-refractivity contribution in [2.75, 3.05) is 24.5 Å². The molecule has 5 nitrogen and oxygen atoms in total. The van der Waals surface area contributed by atoms with Crippen LogP contribution >= 0.6 is 0 Å². The van der Waals surface area contributed by atoms with E-state index < -0.39 is 17.6 Å². The Labute approximate surface area is 138 Å². The molecule has 0 saturated carbocycles. The van der Waals surface area contributed by atoms with Crippen molar-refractivity contribution in [2.24, 2.45) is 11.8 Å². The summed E-state index contributed by atoms with van der Waals surface area (Å²) >= 11 is 0. The number of carbonyl (C=O) groups excluding carboxylic acids is 2. The number of hydrogen-bond acceptors (Lipinski definition) is 3. The second-order valence-corrected chi connectivity index (χ2v) is 6.23. The first-order valence-electron chi connectivity index (χ1n) is 7.93. The quantitative estimate of drug-likeness (QED) is 0.832. The van der Waals surface area contributed by atoms with Crippen LogP contribution in [0.15, 0.2) is 18.2 Å². The Bertz CT molecular complexity index is 708. The molecule has 1 aromatic rings. The Morgan fingerprint density at radius 2 is 1.96 bits per heavy atom. The van der Waals surface area contributed by atoms with Gasteiger partial charge in [-0.3, -0.25) is 9.59 Å². The number of carbonyl (C=O) groups is 2. The van der Waals surface area contributed by atoms with E-state index in [4.69, 9.17) is 5.26 Å². The fourth-order valence-corrected chi connectivity index (χ4v) is 3.29. The van der Waals surface area contributed by atoms with Crippen molar-refractivity contribution in [3.63, 3.8) is 0 Å². The third kappa shape index (κ3) is 3.09. The molecule has 0 bridgehead atoms. The number of hydrogen-bond donors (Lipinski definition) is 0. The van der Waals surface area contributed by atoms with Crippen molar-refractivity contribution >= 4 is 17.5 Å². The first-order chi connectivity index (χ1) is 11.5. The molecule has 2 aliphatic heterocycles. The highest BCUT2D eigenvalue weighted by Gasteiger charge is 2.38. The number of rotatable bonds is 2. The molecule has 1 unspecified atom stereocenters. The number of likely N-dealkylation sites (tertiary alicyclic amines) is 1. The van der Waals surface area contributed by atoms with Gasteiger partial charge in [-0.25, -0.2) is 8.78 Å². The standard InChI is InChI=1S/C17H17F2N3O2/c18-13-1-2-15(14(19)8-13)22-10-12(7-16(22)23)17(24)21-5-3-11(9-20)4-6-21/h1-2,8,11-12H,3-7,10H2. The lowest BCUT2D eigenvalue weighted by molar-refractivity contribution is -0.136. The van der Waals surface area contributed by atoms with Crippen LogP contribution in [0.5, 0.6) is 0 Å². The van der Waals surface area contributed by atoms with Crippen molar-refractivity contribution in [3.05, 3.63) is 29.8 Å². The Kier molecular flexibility index (Phi) is 4.47. The molecule has 0 spiro atoms. The maximum atomic E-state index is 13.9. The smallest absolute Gasteiger partial charge is 0.228 e. The number of benzene rings is 1. The van der Waals surface area contributed by atoms with Gasteiger partial charge < -0.3 is 9.80 Å². The van der Waals surface area contributed by atoms with E-state index in [0.29, 0.717) is 25.9 Å². The van der Waals surface area contributed by atoms with Crippen LogP contribution in [0.4, 0.5) is 14.5 Å². The summed E-state index contributed by atoms with van der Waals surface area (Å²) in [5.74, 6) is -2.55. The van der Waals surface area contributed by atoms with Gasteiger partial charge in [0.25, 0.3) is 0 Å². The van der Waals surface area contributed by atoms with Crippen LogP contribution in [0.2, 0.25) is 0 Å². The van der Waals surface area contributed by atoms with Gasteiger partial charge in [0.15, 0.2) is 0 Å². The third-order valence-electron chi connectivity index (χ3n) is 4.66. The van der Waals surface area contributed by atoms with Gasteiger partial charge in [0.1, 0.15) is 11.6 Å². The molecule has 0 aliphatic carbocycles. The van der Waals surface area contributed by atoms with E-state index in [1.165, 1.54) is 11.0 Å². The molecule has 1 atom stereocenters. The second kappa shape index (κ2) is 6.56. The van der Waals surface area contributed by atoms with Gasteiger partial charge in [0.05, 0.1) is 17.7 Å². The maximum absolute atomic E-state index is 13.9. The second-order valence-electron chi connectivity index (χ2n) is 6.23. The van der Waals surface area contributed by atoms with E-state index in [9.17, 15) is 18.4 Å². The summed E-state index contributed by atoms with van der Waals surface area (Å²) in [5.41, 5.74) is -0.000103. The summed E-state index contributed by atoms with van der Waals surface area (Å²) in [5, 5.41) is 8.90. The van der Waals surface area contributed by atoms with E-state index >= 15 is 0 Å². The molecule has 126 valence electrons. The number of nitrogens with zero attached hydrogens (tertiary/aromatic N) is 3. The number of amides is 2. The summed E-state index contributed by atoms with van der Waals surface area (Å²) in [7, 11) is 0. The van der Waals surface area contributed by atoms with Gasteiger partial charge in [-0.05, 0) is 25.0 Å². The minimum Gasteiger partial charge on any atom is -0.342 e. The zero-order valence-corrected chi connectivity index (χ0v) is 13.0. The van der Waals surface area contributed by atoms with Gasteiger partial charge >= 0.3 is 0 Å². The predicted octanol–water partition coefficient (Wildman–Crippen LogP) is 2.08. The van der Waals surface area contributed by atoms with Gasteiger partial charge in [-0.2, -0.15) is 5.26 Å². The summed E-state index contributed by atoms with van der Waals surface area (Å²) in [6.07, 6.45) is 1.30. The number of halogens is 2. The van der Waals surface area contributed by atoms with Crippen LogP contribution in [0.25, 0.3) is 0 Å². The highest BCUT2D eigenvalue weighted by molar-refractivity contribution is 6.00. The maximum Gasteiger partial charge on any atom is 0.228 e. The average Bonchev–Trinajstić information content (AvgIpc) is 2.96. The van der Waals surface area contributed by atoms with E-state index in [2.05, 4.69) is 6.07 Å². The van der Waals surface area contributed by atoms with Crippen LogP contribution in [0, 0.1) is 34.8 Å². The Morgan fingerprint density at radius 1 is 1.25 bits per heavy atom. The van der Waals surface area contributed by atoms with E-state index in [1.807, 2.05) is 0 Å². The topological polar surface area (TPSA) is 64.4 Å². The fourth-order valence-electron chi connectivity index (χ4n) is 3.29. The summed E-state index contributed by atoms with van der Waals surface area (Å²) in [6.45, 7) is 1.11. The van der Waals surface area contributed by atoms with E-state index in [-0.39, 0.29) is 36.4 Å². The van der Waals surface area contributed by atoms with Crippen LogP contribution in [0.3, 0.4) is 0 Å². The molecule has 1 aromatic carbocycles. The lowest BCUT2D eigenvalue weighted by Gasteiger charge is -2.31. The monoisotopic (exact) mass is 333 g/mol. The molecule has 3 rings (SSSR count). The number of anilines is 1. The van der Waals surface area contributed by atoms with Crippen LogP contribution < -0.4 is 4.90 Å². The SMILES string of the molecule is N#CC1CCN(C(=O)C2CC(=O)N(c3ccc(F)cc3F)C2)CC1. The molecule has 2 heterocycles. The molecule has 7 heteroatoms. The minimum atomic E-state index is -0.814. The normalized spacial score (nSPS) is 21.9. The van der Waals surface area contributed by atoms with Gasteiger partial charge in [-0.1, -0.05) is 0 Å². The molecular weight excluding hydrogens is 316 g/mol. The first kappa shape index (κ1) is 16.4. The third-order valence-corrected chi connectivity index (χ3v) is 4.66. The molecule has 0 radical (unpaired) electrons. The highest BCUT2D eigenvalue weighted by Crippen LogP contribution is 2.29. The molecule has 0 N–H and O–H groups in total. The molecule has 2 fully saturated rings.